The van der Waals surface area contributed by atoms with Crippen molar-refractivity contribution in [1.82, 2.24) is 9.13 Å². The molecule has 1 aliphatic carbocycles. The monoisotopic (exact) mass is 384 g/mol. The van der Waals surface area contributed by atoms with Crippen LogP contribution < -0.4 is 16.0 Å². The summed E-state index contributed by atoms with van der Waals surface area (Å²) in [6, 6.07) is 0. The third kappa shape index (κ3) is 2.43. The molecule has 0 atom stereocenters. The van der Waals surface area contributed by atoms with E-state index in [1.54, 1.807) is 0 Å². The number of hydrogen-bond acceptors (Lipinski definition) is 7. The maximum Gasteiger partial charge on any atom is 0.351 e. The minimum absolute atomic E-state index is 0.127. The van der Waals surface area contributed by atoms with Crippen LogP contribution in [0, 0.1) is 0 Å². The van der Waals surface area contributed by atoms with Crippen molar-refractivity contribution in [3.8, 4) is 5.88 Å². The molecule has 0 unspecified atom stereocenters. The van der Waals surface area contributed by atoms with Crippen LogP contribution in [-0.2, 0) is 33.5 Å². The second-order valence-corrected chi connectivity index (χ2v) is 8.69. The summed E-state index contributed by atoms with van der Waals surface area (Å²) in [6.07, 6.45) is 3.60. The van der Waals surface area contributed by atoms with Gasteiger partial charge >= 0.3 is 11.7 Å². The van der Waals surface area contributed by atoms with E-state index >= 15 is 0 Å². The van der Waals surface area contributed by atoms with Crippen molar-refractivity contribution in [1.29, 1.82) is 0 Å². The molecule has 0 N–H and O–H groups in total. The van der Waals surface area contributed by atoms with Gasteiger partial charge in [0.05, 0.1) is 7.11 Å². The summed E-state index contributed by atoms with van der Waals surface area (Å²) in [5.74, 6) is -1.11. The lowest BCUT2D eigenvalue weighted by Crippen LogP contribution is -2.39. The molecular formula is C16H20N2O7S. The molecule has 142 valence electrons. The van der Waals surface area contributed by atoms with Gasteiger partial charge in [-0.3, -0.25) is 13.9 Å². The molecular weight excluding hydrogens is 364 g/mol. The Morgan fingerprint density at radius 1 is 1.08 bits per heavy atom. The number of rotatable bonds is 2. The first-order valence-electron chi connectivity index (χ1n) is 8.20. The summed E-state index contributed by atoms with van der Waals surface area (Å²) >= 11 is 0. The average molecular weight is 384 g/mol. The Bertz CT molecular complexity index is 1020. The van der Waals surface area contributed by atoms with Crippen molar-refractivity contribution in [2.24, 2.45) is 14.1 Å². The number of nitrogens with zero attached hydrogens (tertiary/aromatic N) is 2. The van der Waals surface area contributed by atoms with Gasteiger partial charge in [0.15, 0.2) is 4.91 Å². The SMILES string of the molecule is COc1c(/C=C2\C(=O)OC3(CCCCC3)S2(=O)=O)c(=O)n(C)c(=O)n1C. The second kappa shape index (κ2) is 6.11. The zero-order valence-electron chi connectivity index (χ0n) is 14.8. The highest BCUT2D eigenvalue weighted by Gasteiger charge is 2.58. The maximum atomic E-state index is 13.0. The molecule has 26 heavy (non-hydrogen) atoms. The van der Waals surface area contributed by atoms with E-state index in [2.05, 4.69) is 0 Å². The van der Waals surface area contributed by atoms with Gasteiger partial charge in [0.1, 0.15) is 5.56 Å². The Morgan fingerprint density at radius 3 is 2.27 bits per heavy atom. The van der Waals surface area contributed by atoms with Gasteiger partial charge in [0.25, 0.3) is 5.56 Å². The molecule has 1 spiro atoms. The van der Waals surface area contributed by atoms with E-state index in [9.17, 15) is 22.8 Å². The molecule has 9 nitrogen and oxygen atoms in total. The van der Waals surface area contributed by atoms with Crippen molar-refractivity contribution >= 4 is 21.9 Å². The lowest BCUT2D eigenvalue weighted by Gasteiger charge is -2.29. The maximum absolute atomic E-state index is 13.0. The van der Waals surface area contributed by atoms with E-state index in [1.165, 1.54) is 21.2 Å². The summed E-state index contributed by atoms with van der Waals surface area (Å²) in [7, 11) is -0.185. The Hall–Kier alpha value is -2.36. The number of ether oxygens (including phenoxy) is 2. The van der Waals surface area contributed by atoms with Crippen LogP contribution in [0.4, 0.5) is 0 Å². The van der Waals surface area contributed by atoms with E-state index in [0.29, 0.717) is 12.8 Å². The predicted molar refractivity (Wildman–Crippen MR) is 92.3 cm³/mol. The van der Waals surface area contributed by atoms with E-state index in [0.717, 1.165) is 21.6 Å². The topological polar surface area (TPSA) is 114 Å². The molecule has 1 saturated heterocycles. The number of esters is 1. The summed E-state index contributed by atoms with van der Waals surface area (Å²) in [5.41, 5.74) is -1.58. The van der Waals surface area contributed by atoms with Crippen LogP contribution in [0.2, 0.25) is 0 Å². The highest BCUT2D eigenvalue weighted by Crippen LogP contribution is 2.45. The molecule has 10 heteroatoms. The van der Waals surface area contributed by atoms with Crippen molar-refractivity contribution in [3.05, 3.63) is 31.3 Å². The molecule has 2 aliphatic rings. The van der Waals surface area contributed by atoms with Gasteiger partial charge in [0, 0.05) is 26.9 Å². The Labute approximate surface area is 149 Å². The van der Waals surface area contributed by atoms with Gasteiger partial charge in [-0.05, 0) is 18.9 Å². The van der Waals surface area contributed by atoms with E-state index in [-0.39, 0.29) is 24.3 Å². The normalized spacial score (nSPS) is 22.6. The molecule has 0 bridgehead atoms. The number of aromatic nitrogens is 2. The minimum Gasteiger partial charge on any atom is -0.481 e. The summed E-state index contributed by atoms with van der Waals surface area (Å²) in [4.78, 5) is 34.7. The fourth-order valence-corrected chi connectivity index (χ4v) is 5.48. The fraction of sp³-hybridized carbons (Fsp3) is 0.562. The third-order valence-corrected chi connectivity index (χ3v) is 7.32. The zero-order valence-corrected chi connectivity index (χ0v) is 15.6. The highest BCUT2D eigenvalue weighted by atomic mass is 32.2. The molecule has 0 aromatic carbocycles. The first kappa shape index (κ1) is 18.4. The summed E-state index contributed by atoms with van der Waals surface area (Å²) in [5, 5.41) is 0. The van der Waals surface area contributed by atoms with Crippen LogP contribution in [0.15, 0.2) is 14.5 Å². The predicted octanol–water partition coefficient (Wildman–Crippen LogP) is 0.0655. The van der Waals surface area contributed by atoms with Crippen LogP contribution in [0.3, 0.4) is 0 Å². The Balaban J connectivity index is 2.25. The van der Waals surface area contributed by atoms with Crippen LogP contribution in [0.25, 0.3) is 6.08 Å². The third-order valence-electron chi connectivity index (χ3n) is 4.99. The number of methoxy groups -OCH3 is 1. The van der Waals surface area contributed by atoms with E-state index in [4.69, 9.17) is 9.47 Å². The minimum atomic E-state index is -4.08. The molecule has 3 rings (SSSR count). The molecule has 1 saturated carbocycles. The van der Waals surface area contributed by atoms with Crippen molar-refractivity contribution in [2.45, 2.75) is 37.0 Å². The molecule has 1 aromatic rings. The zero-order chi connectivity index (χ0) is 19.3. The van der Waals surface area contributed by atoms with E-state index in [1.807, 2.05) is 0 Å². The lowest BCUT2D eigenvalue weighted by molar-refractivity contribution is -0.145. The van der Waals surface area contributed by atoms with Crippen LogP contribution in [0.5, 0.6) is 5.88 Å². The van der Waals surface area contributed by atoms with Gasteiger partial charge in [0.2, 0.25) is 20.7 Å². The van der Waals surface area contributed by atoms with Gasteiger partial charge in [-0.1, -0.05) is 6.42 Å². The first-order chi connectivity index (χ1) is 12.2. The fourth-order valence-electron chi connectivity index (χ4n) is 3.53. The molecule has 2 fully saturated rings. The first-order valence-corrected chi connectivity index (χ1v) is 9.68. The van der Waals surface area contributed by atoms with E-state index < -0.39 is 36.9 Å². The average Bonchev–Trinajstić information content (AvgIpc) is 2.78. The van der Waals surface area contributed by atoms with Gasteiger partial charge in [-0.2, -0.15) is 0 Å². The van der Waals surface area contributed by atoms with Crippen LogP contribution in [0.1, 0.15) is 37.7 Å². The van der Waals surface area contributed by atoms with Gasteiger partial charge in [-0.25, -0.2) is 18.0 Å². The van der Waals surface area contributed by atoms with Gasteiger partial charge in [-0.15, -0.1) is 0 Å². The lowest BCUT2D eigenvalue weighted by atomic mass is 9.97. The second-order valence-electron chi connectivity index (χ2n) is 6.50. The molecule has 0 radical (unpaired) electrons. The Morgan fingerprint density at radius 2 is 1.69 bits per heavy atom. The quantitative estimate of drug-likeness (QED) is 0.523. The molecule has 0 amide bonds. The summed E-state index contributed by atoms with van der Waals surface area (Å²) < 4.78 is 38.3. The smallest absolute Gasteiger partial charge is 0.351 e. The number of carbonyl (C=O) groups excluding carboxylic acids is 1. The van der Waals surface area contributed by atoms with Gasteiger partial charge < -0.3 is 9.47 Å². The Kier molecular flexibility index (Phi) is 4.33. The molecule has 1 aliphatic heterocycles. The van der Waals surface area contributed by atoms with Crippen molar-refractivity contribution < 1.29 is 22.7 Å². The van der Waals surface area contributed by atoms with Crippen LogP contribution in [-0.4, -0.2) is 35.6 Å². The number of hydrogen-bond donors (Lipinski definition) is 0. The highest BCUT2D eigenvalue weighted by molar-refractivity contribution is 7.98. The molecule has 1 aromatic heterocycles. The van der Waals surface area contributed by atoms with Crippen molar-refractivity contribution in [3.63, 3.8) is 0 Å². The number of carbonyl (C=O) groups is 1. The summed E-state index contributed by atoms with van der Waals surface area (Å²) in [6.45, 7) is 0. The number of sulfone groups is 1. The molecule has 2 heterocycles. The van der Waals surface area contributed by atoms with Crippen molar-refractivity contribution in [2.75, 3.05) is 7.11 Å². The van der Waals surface area contributed by atoms with Crippen LogP contribution >= 0.6 is 0 Å². The standard InChI is InChI=1S/C16H20N2O7S/c1-17-12(19)10(13(24-3)18(2)15(17)21)9-11-14(20)25-16(26(11,22)23)7-5-4-6-8-16/h9H,4-8H2,1-3H3/b11-9+. The largest absolute Gasteiger partial charge is 0.481 e.